The molecule has 3 unspecified atom stereocenters. The largest absolute Gasteiger partial charge is 0.383 e. The molecule has 106 valence electrons. The first kappa shape index (κ1) is 14.2. The van der Waals surface area contributed by atoms with E-state index in [9.17, 15) is 8.42 Å². The third-order valence-electron chi connectivity index (χ3n) is 4.12. The van der Waals surface area contributed by atoms with E-state index in [-0.39, 0.29) is 12.6 Å². The van der Waals surface area contributed by atoms with Gasteiger partial charge in [0, 0.05) is 32.3 Å². The highest BCUT2D eigenvalue weighted by Gasteiger charge is 2.41. The van der Waals surface area contributed by atoms with Gasteiger partial charge in [0.2, 0.25) is 10.0 Å². The van der Waals surface area contributed by atoms with Gasteiger partial charge in [-0.15, -0.1) is 0 Å². The lowest BCUT2D eigenvalue weighted by Gasteiger charge is -2.42. The van der Waals surface area contributed by atoms with E-state index in [1.807, 2.05) is 6.92 Å². The van der Waals surface area contributed by atoms with Crippen LogP contribution in [0.1, 0.15) is 26.7 Å². The molecule has 0 bridgehead atoms. The summed E-state index contributed by atoms with van der Waals surface area (Å²) >= 11 is 0. The molecule has 0 spiro atoms. The summed E-state index contributed by atoms with van der Waals surface area (Å²) in [7, 11) is -1.68. The van der Waals surface area contributed by atoms with E-state index in [2.05, 4.69) is 4.90 Å². The van der Waals surface area contributed by atoms with Gasteiger partial charge in [-0.2, -0.15) is 4.31 Å². The molecule has 0 amide bonds. The van der Waals surface area contributed by atoms with Gasteiger partial charge in [0.1, 0.15) is 0 Å². The summed E-state index contributed by atoms with van der Waals surface area (Å²) in [5, 5.41) is -0.460. The number of fused-ring (bicyclic) bond motifs is 1. The summed E-state index contributed by atoms with van der Waals surface area (Å²) < 4.78 is 31.7. The van der Waals surface area contributed by atoms with Crippen LogP contribution >= 0.6 is 0 Å². The topological polar surface area (TPSA) is 49.9 Å². The maximum Gasteiger partial charge on any atom is 0.219 e. The predicted molar refractivity (Wildman–Crippen MR) is 71.0 cm³/mol. The molecule has 6 heteroatoms. The summed E-state index contributed by atoms with van der Waals surface area (Å²) in [6.07, 6.45) is 2.32. The van der Waals surface area contributed by atoms with Gasteiger partial charge in [0.25, 0.3) is 0 Å². The number of ether oxygens (including phenoxy) is 1. The molecule has 2 aliphatic heterocycles. The second-order valence-electron chi connectivity index (χ2n) is 5.52. The highest BCUT2D eigenvalue weighted by Crippen LogP contribution is 2.27. The standard InChI is InChI=1S/C12H24N2O3S/c1-10-7-13-6-4-5-12(13)8-14(10)18(15,16)11(2)9-17-3/h10-12H,4-9H2,1-3H3. The normalized spacial score (nSPS) is 32.4. The van der Waals surface area contributed by atoms with E-state index >= 15 is 0 Å². The SMILES string of the molecule is COCC(C)S(=O)(=O)N1CC2CCCN2CC1C. The van der Waals surface area contributed by atoms with Gasteiger partial charge >= 0.3 is 0 Å². The Morgan fingerprint density at radius 2 is 2.11 bits per heavy atom. The number of hydrogen-bond acceptors (Lipinski definition) is 4. The molecular weight excluding hydrogens is 252 g/mol. The average molecular weight is 276 g/mol. The van der Waals surface area contributed by atoms with E-state index in [1.54, 1.807) is 18.3 Å². The van der Waals surface area contributed by atoms with Crippen molar-refractivity contribution in [3.63, 3.8) is 0 Å². The van der Waals surface area contributed by atoms with Crippen molar-refractivity contribution >= 4 is 10.0 Å². The predicted octanol–water partition coefficient (Wildman–Crippen LogP) is 0.520. The van der Waals surface area contributed by atoms with Crippen molar-refractivity contribution in [1.82, 2.24) is 9.21 Å². The van der Waals surface area contributed by atoms with Crippen molar-refractivity contribution in [2.24, 2.45) is 0 Å². The van der Waals surface area contributed by atoms with Crippen LogP contribution in [0, 0.1) is 0 Å². The van der Waals surface area contributed by atoms with Crippen LogP contribution < -0.4 is 0 Å². The Balaban J connectivity index is 2.12. The van der Waals surface area contributed by atoms with Crippen LogP contribution in [0.2, 0.25) is 0 Å². The van der Waals surface area contributed by atoms with Crippen molar-refractivity contribution in [3.05, 3.63) is 0 Å². The summed E-state index contributed by atoms with van der Waals surface area (Å²) in [6.45, 7) is 6.63. The van der Waals surface area contributed by atoms with Gasteiger partial charge in [-0.3, -0.25) is 4.90 Å². The summed E-state index contributed by atoms with van der Waals surface area (Å²) in [5.74, 6) is 0. The average Bonchev–Trinajstić information content (AvgIpc) is 2.75. The number of rotatable bonds is 4. The molecular formula is C12H24N2O3S. The first-order chi connectivity index (χ1) is 8.46. The fourth-order valence-corrected chi connectivity index (χ4v) is 4.79. The van der Waals surface area contributed by atoms with Crippen molar-refractivity contribution in [3.8, 4) is 0 Å². The Kier molecular flexibility index (Phi) is 4.31. The zero-order valence-electron chi connectivity index (χ0n) is 11.5. The van der Waals surface area contributed by atoms with Crippen LogP contribution in [0.4, 0.5) is 0 Å². The molecule has 0 aromatic heterocycles. The second kappa shape index (κ2) is 5.45. The summed E-state index contributed by atoms with van der Waals surface area (Å²) in [4.78, 5) is 2.43. The monoisotopic (exact) mass is 276 g/mol. The third-order valence-corrected chi connectivity index (χ3v) is 6.43. The van der Waals surface area contributed by atoms with Gasteiger partial charge in [0.05, 0.1) is 11.9 Å². The van der Waals surface area contributed by atoms with E-state index in [0.29, 0.717) is 12.6 Å². The molecule has 18 heavy (non-hydrogen) atoms. The zero-order valence-corrected chi connectivity index (χ0v) is 12.3. The molecule has 0 radical (unpaired) electrons. The molecule has 2 fully saturated rings. The lowest BCUT2D eigenvalue weighted by Crippen LogP contribution is -2.58. The van der Waals surface area contributed by atoms with Gasteiger partial charge in [-0.05, 0) is 33.2 Å². The Morgan fingerprint density at radius 1 is 1.39 bits per heavy atom. The van der Waals surface area contributed by atoms with Crippen LogP contribution in [0.25, 0.3) is 0 Å². The van der Waals surface area contributed by atoms with Gasteiger partial charge in [-0.1, -0.05) is 0 Å². The van der Waals surface area contributed by atoms with Crippen molar-refractivity contribution < 1.29 is 13.2 Å². The highest BCUT2D eigenvalue weighted by molar-refractivity contribution is 7.89. The Morgan fingerprint density at radius 3 is 2.78 bits per heavy atom. The van der Waals surface area contributed by atoms with E-state index in [4.69, 9.17) is 4.74 Å². The Labute approximate surface area is 110 Å². The van der Waals surface area contributed by atoms with E-state index in [0.717, 1.165) is 19.5 Å². The van der Waals surface area contributed by atoms with Crippen molar-refractivity contribution in [2.45, 2.75) is 44.0 Å². The quantitative estimate of drug-likeness (QED) is 0.751. The second-order valence-corrected chi connectivity index (χ2v) is 7.82. The molecule has 0 saturated carbocycles. The summed E-state index contributed by atoms with van der Waals surface area (Å²) in [6, 6.07) is 0.495. The van der Waals surface area contributed by atoms with Crippen LogP contribution in [-0.2, 0) is 14.8 Å². The zero-order chi connectivity index (χ0) is 13.3. The fraction of sp³-hybridized carbons (Fsp3) is 1.00. The molecule has 0 aliphatic carbocycles. The van der Waals surface area contributed by atoms with Crippen LogP contribution in [0.3, 0.4) is 0 Å². The molecule has 2 heterocycles. The number of methoxy groups -OCH3 is 1. The molecule has 0 N–H and O–H groups in total. The van der Waals surface area contributed by atoms with Gasteiger partial charge < -0.3 is 4.74 Å². The Bertz CT molecular complexity index is 385. The number of hydrogen-bond donors (Lipinski definition) is 0. The molecule has 2 rings (SSSR count). The van der Waals surface area contributed by atoms with Crippen LogP contribution in [0.15, 0.2) is 0 Å². The molecule has 2 aliphatic rings. The maximum absolute atomic E-state index is 12.5. The molecule has 0 aromatic rings. The van der Waals surface area contributed by atoms with Gasteiger partial charge in [-0.25, -0.2) is 8.42 Å². The molecule has 5 nitrogen and oxygen atoms in total. The maximum atomic E-state index is 12.5. The molecule has 2 saturated heterocycles. The Hall–Kier alpha value is -0.170. The van der Waals surface area contributed by atoms with E-state index < -0.39 is 15.3 Å². The van der Waals surface area contributed by atoms with Gasteiger partial charge in [0.15, 0.2) is 0 Å². The lowest BCUT2D eigenvalue weighted by atomic mass is 10.1. The van der Waals surface area contributed by atoms with E-state index in [1.165, 1.54) is 6.42 Å². The first-order valence-electron chi connectivity index (χ1n) is 6.70. The molecule has 3 atom stereocenters. The van der Waals surface area contributed by atoms with Crippen LogP contribution in [-0.4, -0.2) is 68.3 Å². The third kappa shape index (κ3) is 2.57. The minimum absolute atomic E-state index is 0.0728. The fourth-order valence-electron chi connectivity index (χ4n) is 3.07. The number of piperazine rings is 1. The highest BCUT2D eigenvalue weighted by atomic mass is 32.2. The lowest BCUT2D eigenvalue weighted by molar-refractivity contribution is 0.114. The first-order valence-corrected chi connectivity index (χ1v) is 8.20. The van der Waals surface area contributed by atoms with Crippen molar-refractivity contribution in [2.75, 3.05) is 33.4 Å². The number of sulfonamides is 1. The minimum Gasteiger partial charge on any atom is -0.383 e. The summed E-state index contributed by atoms with van der Waals surface area (Å²) in [5.41, 5.74) is 0. The van der Waals surface area contributed by atoms with Crippen molar-refractivity contribution in [1.29, 1.82) is 0 Å². The number of nitrogens with zero attached hydrogens (tertiary/aromatic N) is 2. The smallest absolute Gasteiger partial charge is 0.219 e. The minimum atomic E-state index is -3.23. The van der Waals surface area contributed by atoms with Crippen LogP contribution in [0.5, 0.6) is 0 Å². The molecule has 0 aromatic carbocycles.